The fourth-order valence-corrected chi connectivity index (χ4v) is 4.01. The minimum absolute atomic E-state index is 0.179. The van der Waals surface area contributed by atoms with Gasteiger partial charge in [-0.1, -0.05) is 0 Å². The summed E-state index contributed by atoms with van der Waals surface area (Å²) in [5.41, 5.74) is 1.57. The van der Waals surface area contributed by atoms with E-state index in [-0.39, 0.29) is 11.6 Å². The van der Waals surface area contributed by atoms with Crippen LogP contribution in [0.25, 0.3) is 0 Å². The van der Waals surface area contributed by atoms with E-state index in [1.807, 2.05) is 6.20 Å². The Morgan fingerprint density at radius 2 is 2.04 bits per heavy atom. The molecule has 0 atom stereocenters. The lowest BCUT2D eigenvalue weighted by Gasteiger charge is -2.32. The highest BCUT2D eigenvalue weighted by Gasteiger charge is 2.29. The zero-order valence-corrected chi connectivity index (χ0v) is 14.7. The van der Waals surface area contributed by atoms with Crippen LogP contribution in [0.15, 0.2) is 18.5 Å². The van der Waals surface area contributed by atoms with E-state index in [4.69, 9.17) is 0 Å². The Morgan fingerprint density at radius 3 is 2.81 bits per heavy atom. The van der Waals surface area contributed by atoms with Gasteiger partial charge in [0, 0.05) is 43.6 Å². The number of imidazole rings is 1. The Kier molecular flexibility index (Phi) is 4.74. The average Bonchev–Trinajstić information content (AvgIpc) is 3.28. The molecule has 2 aromatic rings. The van der Waals surface area contributed by atoms with Crippen molar-refractivity contribution in [1.82, 2.24) is 24.2 Å². The first-order valence-electron chi connectivity index (χ1n) is 9.27. The smallest absolute Gasteiger partial charge is 0.274 e. The van der Waals surface area contributed by atoms with Gasteiger partial charge in [0.05, 0.1) is 0 Å². The summed E-state index contributed by atoms with van der Waals surface area (Å²) >= 11 is 0. The Hall–Kier alpha value is -2.25. The summed E-state index contributed by atoms with van der Waals surface area (Å²) in [4.78, 5) is 19.0. The van der Waals surface area contributed by atoms with Crippen molar-refractivity contribution in [3.05, 3.63) is 35.7 Å². The molecule has 2 aliphatic rings. The van der Waals surface area contributed by atoms with Crippen molar-refractivity contribution >= 4 is 5.91 Å². The fourth-order valence-electron chi connectivity index (χ4n) is 4.01. The second-order valence-corrected chi connectivity index (χ2v) is 7.10. The molecule has 8 heteroatoms. The van der Waals surface area contributed by atoms with Gasteiger partial charge in [-0.25, -0.2) is 13.8 Å². The third kappa shape index (κ3) is 3.37. The maximum Gasteiger partial charge on any atom is 0.274 e. The number of carbonyl (C=O) groups is 1. The number of aryl methyl sites for hydroxylation is 1. The van der Waals surface area contributed by atoms with Gasteiger partial charge in [0.2, 0.25) is 0 Å². The maximum absolute atomic E-state index is 12.6. The number of fused-ring (bicyclic) bond motifs is 1. The van der Waals surface area contributed by atoms with Gasteiger partial charge in [-0.05, 0) is 38.2 Å². The minimum Gasteiger partial charge on any atom is -0.337 e. The van der Waals surface area contributed by atoms with Crippen molar-refractivity contribution < 1.29 is 13.6 Å². The lowest BCUT2D eigenvalue weighted by atomic mass is 9.95. The van der Waals surface area contributed by atoms with E-state index >= 15 is 0 Å². The van der Waals surface area contributed by atoms with Crippen LogP contribution in [0.1, 0.15) is 53.6 Å². The number of likely N-dealkylation sites (tertiary alicyclic amines) is 1. The fraction of sp³-hybridized carbons (Fsp3) is 0.611. The van der Waals surface area contributed by atoms with E-state index in [1.54, 1.807) is 4.90 Å². The summed E-state index contributed by atoms with van der Waals surface area (Å²) < 4.78 is 28.3. The molecule has 1 amide bonds. The number of amides is 1. The third-order valence-electron chi connectivity index (χ3n) is 5.37. The Balaban J connectivity index is 1.38. The Bertz CT molecular complexity index is 776. The number of aromatic nitrogens is 4. The van der Waals surface area contributed by atoms with Crippen LogP contribution in [0.5, 0.6) is 0 Å². The normalized spacial score (nSPS) is 18.3. The van der Waals surface area contributed by atoms with Crippen molar-refractivity contribution in [2.24, 2.45) is 0 Å². The summed E-state index contributed by atoms with van der Waals surface area (Å²) in [6.07, 6.45) is 6.25. The number of rotatable bonds is 4. The quantitative estimate of drug-likeness (QED) is 0.839. The monoisotopic (exact) mass is 363 g/mol. The van der Waals surface area contributed by atoms with E-state index in [1.165, 1.54) is 30.8 Å². The Labute approximate surface area is 150 Å². The summed E-state index contributed by atoms with van der Waals surface area (Å²) in [6.45, 7) is 1.85. The summed E-state index contributed by atoms with van der Waals surface area (Å²) in [5, 5.41) is 3.98. The summed E-state index contributed by atoms with van der Waals surface area (Å²) in [7, 11) is 0. The minimum atomic E-state index is -2.48. The van der Waals surface area contributed by atoms with Crippen molar-refractivity contribution in [2.45, 2.75) is 57.5 Å². The average molecular weight is 363 g/mol. The summed E-state index contributed by atoms with van der Waals surface area (Å²) in [6, 6.07) is 1.52. The molecule has 0 unspecified atom stereocenters. The first kappa shape index (κ1) is 17.2. The van der Waals surface area contributed by atoms with Crippen LogP contribution < -0.4 is 0 Å². The van der Waals surface area contributed by atoms with Crippen LogP contribution in [-0.4, -0.2) is 49.7 Å². The molecule has 2 aromatic heterocycles. The number of piperidine rings is 1. The number of nitrogens with zero attached hydrogens (tertiary/aromatic N) is 5. The van der Waals surface area contributed by atoms with Crippen LogP contribution in [-0.2, 0) is 19.5 Å². The zero-order valence-electron chi connectivity index (χ0n) is 14.7. The third-order valence-corrected chi connectivity index (χ3v) is 5.37. The maximum atomic E-state index is 12.6. The van der Waals surface area contributed by atoms with E-state index in [2.05, 4.69) is 14.6 Å². The molecule has 6 nitrogen and oxygen atoms in total. The molecule has 0 aromatic carbocycles. The SMILES string of the molecule is O=C(c1ccn(CC(F)F)n1)N1CCC(c2ncc3n2CCCC3)CC1. The zero-order chi connectivity index (χ0) is 18.1. The number of carbonyl (C=O) groups excluding carboxylic acids is 1. The molecule has 0 N–H and O–H groups in total. The molecule has 4 rings (SSSR count). The van der Waals surface area contributed by atoms with Crippen LogP contribution in [0, 0.1) is 0 Å². The van der Waals surface area contributed by atoms with Gasteiger partial charge >= 0.3 is 0 Å². The van der Waals surface area contributed by atoms with Gasteiger partial charge in [-0.3, -0.25) is 9.48 Å². The predicted octanol–water partition coefficient (Wildman–Crippen LogP) is 2.70. The van der Waals surface area contributed by atoms with Crippen molar-refractivity contribution in [2.75, 3.05) is 13.1 Å². The molecule has 0 aliphatic carbocycles. The van der Waals surface area contributed by atoms with Crippen LogP contribution in [0.2, 0.25) is 0 Å². The molecule has 4 heterocycles. The first-order chi connectivity index (χ1) is 12.6. The van der Waals surface area contributed by atoms with E-state index < -0.39 is 13.0 Å². The number of hydrogen-bond donors (Lipinski definition) is 0. The number of hydrogen-bond acceptors (Lipinski definition) is 3. The van der Waals surface area contributed by atoms with Crippen molar-refractivity contribution in [3.63, 3.8) is 0 Å². The lowest BCUT2D eigenvalue weighted by Crippen LogP contribution is -2.38. The number of halogens is 2. The largest absolute Gasteiger partial charge is 0.337 e. The van der Waals surface area contributed by atoms with E-state index in [0.717, 1.165) is 36.3 Å². The first-order valence-corrected chi connectivity index (χ1v) is 9.27. The van der Waals surface area contributed by atoms with Gasteiger partial charge in [-0.2, -0.15) is 5.10 Å². The highest BCUT2D eigenvalue weighted by atomic mass is 19.3. The molecule has 0 radical (unpaired) electrons. The molecule has 1 saturated heterocycles. The van der Waals surface area contributed by atoms with Crippen LogP contribution in [0.3, 0.4) is 0 Å². The molecule has 0 saturated carbocycles. The van der Waals surface area contributed by atoms with E-state index in [0.29, 0.717) is 19.0 Å². The number of alkyl halides is 2. The van der Waals surface area contributed by atoms with Crippen molar-refractivity contribution in [1.29, 1.82) is 0 Å². The molecular formula is C18H23F2N5O. The van der Waals surface area contributed by atoms with Crippen molar-refractivity contribution in [3.8, 4) is 0 Å². The molecule has 2 aliphatic heterocycles. The van der Waals surface area contributed by atoms with Crippen LogP contribution in [0.4, 0.5) is 8.78 Å². The van der Waals surface area contributed by atoms with Gasteiger partial charge in [-0.15, -0.1) is 0 Å². The molecule has 26 heavy (non-hydrogen) atoms. The molecule has 1 fully saturated rings. The standard InChI is InChI=1S/C18H23F2N5O/c19-16(20)12-24-10-6-15(22-24)18(26)23-8-4-13(5-9-23)17-21-11-14-3-1-2-7-25(14)17/h6,10-11,13,16H,1-5,7-9,12H2. The molecule has 0 spiro atoms. The van der Waals surface area contributed by atoms with Gasteiger partial charge in [0.1, 0.15) is 18.1 Å². The second-order valence-electron chi connectivity index (χ2n) is 7.10. The van der Waals surface area contributed by atoms with Gasteiger partial charge in [0.15, 0.2) is 0 Å². The topological polar surface area (TPSA) is 56.0 Å². The van der Waals surface area contributed by atoms with E-state index in [9.17, 15) is 13.6 Å². The lowest BCUT2D eigenvalue weighted by molar-refractivity contribution is 0.0700. The summed E-state index contributed by atoms with van der Waals surface area (Å²) in [5.74, 6) is 1.36. The highest BCUT2D eigenvalue weighted by Crippen LogP contribution is 2.30. The van der Waals surface area contributed by atoms with Gasteiger partial charge in [0.25, 0.3) is 12.3 Å². The van der Waals surface area contributed by atoms with Crippen LogP contribution >= 0.6 is 0 Å². The van der Waals surface area contributed by atoms with Gasteiger partial charge < -0.3 is 9.47 Å². The molecule has 140 valence electrons. The Morgan fingerprint density at radius 1 is 1.23 bits per heavy atom. The second kappa shape index (κ2) is 7.17. The molecule has 0 bridgehead atoms. The highest BCUT2D eigenvalue weighted by molar-refractivity contribution is 5.92. The predicted molar refractivity (Wildman–Crippen MR) is 91.3 cm³/mol. The molecular weight excluding hydrogens is 340 g/mol.